The summed E-state index contributed by atoms with van der Waals surface area (Å²) in [7, 11) is -1.16. The van der Waals surface area contributed by atoms with Crippen molar-refractivity contribution >= 4 is 7.12 Å². The Morgan fingerprint density at radius 1 is 1.50 bits per heavy atom. The molecule has 10 heavy (non-hydrogen) atoms. The fourth-order valence-electron chi connectivity index (χ4n) is 0.614. The van der Waals surface area contributed by atoms with Gasteiger partial charge in [0.25, 0.3) is 0 Å². The van der Waals surface area contributed by atoms with E-state index < -0.39 is 7.12 Å². The Labute approximate surface area is 61.9 Å². The zero-order chi connectivity index (χ0) is 7.82. The highest BCUT2D eigenvalue weighted by atomic mass is 16.4. The van der Waals surface area contributed by atoms with Gasteiger partial charge in [0.15, 0.2) is 0 Å². The van der Waals surface area contributed by atoms with Crippen molar-refractivity contribution in [1.82, 2.24) is 5.32 Å². The lowest BCUT2D eigenvalue weighted by molar-refractivity contribution is 0.402. The van der Waals surface area contributed by atoms with Crippen molar-refractivity contribution in [3.8, 4) is 0 Å². The molecule has 0 aliphatic heterocycles. The minimum Gasteiger partial charge on any atom is -0.427 e. The second kappa shape index (κ2) is 6.80. The van der Waals surface area contributed by atoms with Crippen LogP contribution in [0.4, 0.5) is 0 Å². The van der Waals surface area contributed by atoms with Crippen LogP contribution in [0.2, 0.25) is 6.32 Å². The summed E-state index contributed by atoms with van der Waals surface area (Å²) in [4.78, 5) is 0. The van der Waals surface area contributed by atoms with Crippen LogP contribution in [-0.2, 0) is 0 Å². The summed E-state index contributed by atoms with van der Waals surface area (Å²) in [6.07, 6.45) is 2.99. The fourth-order valence-corrected chi connectivity index (χ4v) is 0.614. The lowest BCUT2D eigenvalue weighted by atomic mass is 9.84. The van der Waals surface area contributed by atoms with Crippen molar-refractivity contribution in [2.24, 2.45) is 0 Å². The zero-order valence-electron chi connectivity index (χ0n) is 6.08. The average Bonchev–Trinajstić information content (AvgIpc) is 1.87. The Balaban J connectivity index is 2.83. The van der Waals surface area contributed by atoms with Gasteiger partial charge in [-0.05, 0) is 19.3 Å². The summed E-state index contributed by atoms with van der Waals surface area (Å²) < 4.78 is 0. The van der Waals surface area contributed by atoms with E-state index in [-0.39, 0.29) is 0 Å². The molecular formula is C6H14BNO2. The largest absolute Gasteiger partial charge is 0.451 e. The predicted octanol–water partition coefficient (Wildman–Crippen LogP) is -0.375. The highest BCUT2D eigenvalue weighted by Gasteiger charge is 2.03. The Kier molecular flexibility index (Phi) is 6.59. The topological polar surface area (TPSA) is 52.5 Å². The van der Waals surface area contributed by atoms with E-state index in [0.29, 0.717) is 6.32 Å². The number of rotatable bonds is 6. The molecule has 3 nitrogen and oxygen atoms in total. The van der Waals surface area contributed by atoms with Gasteiger partial charge in [-0.3, -0.25) is 0 Å². The zero-order valence-corrected chi connectivity index (χ0v) is 6.08. The van der Waals surface area contributed by atoms with Gasteiger partial charge in [-0.15, -0.1) is 6.58 Å². The highest BCUT2D eigenvalue weighted by Crippen LogP contribution is 1.88. The summed E-state index contributed by atoms with van der Waals surface area (Å²) in [5.41, 5.74) is 0. The monoisotopic (exact) mass is 143 g/mol. The van der Waals surface area contributed by atoms with Crippen molar-refractivity contribution in [3.05, 3.63) is 12.7 Å². The van der Waals surface area contributed by atoms with Crippen LogP contribution in [0.15, 0.2) is 12.7 Å². The maximum absolute atomic E-state index is 8.42. The molecule has 0 bridgehead atoms. The van der Waals surface area contributed by atoms with E-state index in [4.69, 9.17) is 10.0 Å². The van der Waals surface area contributed by atoms with E-state index in [9.17, 15) is 0 Å². The molecule has 0 fully saturated rings. The van der Waals surface area contributed by atoms with Gasteiger partial charge < -0.3 is 15.4 Å². The van der Waals surface area contributed by atoms with E-state index in [0.717, 1.165) is 19.5 Å². The first-order chi connectivity index (χ1) is 4.77. The molecule has 0 rings (SSSR count). The molecule has 0 aromatic carbocycles. The molecule has 4 heteroatoms. The molecule has 0 heterocycles. The Morgan fingerprint density at radius 3 is 2.70 bits per heavy atom. The maximum atomic E-state index is 8.42. The van der Waals surface area contributed by atoms with Crippen LogP contribution in [0.3, 0.4) is 0 Å². The van der Waals surface area contributed by atoms with Gasteiger partial charge in [-0.25, -0.2) is 0 Å². The van der Waals surface area contributed by atoms with Crippen molar-refractivity contribution in [1.29, 1.82) is 0 Å². The molecule has 0 amide bonds. The normalized spacial score (nSPS) is 9.40. The number of nitrogens with one attached hydrogen (secondary N) is 1. The summed E-state index contributed by atoms with van der Waals surface area (Å²) in [6.45, 7) is 5.12. The molecule has 0 atom stereocenters. The SMILES string of the molecule is C=CCNCCCB(O)O. The molecule has 0 aromatic heterocycles. The van der Waals surface area contributed by atoms with Gasteiger partial charge >= 0.3 is 7.12 Å². The molecule has 0 aliphatic rings. The molecule has 0 unspecified atom stereocenters. The average molecular weight is 143 g/mol. The van der Waals surface area contributed by atoms with Gasteiger partial charge in [0, 0.05) is 6.54 Å². The Bertz CT molecular complexity index is 87.8. The van der Waals surface area contributed by atoms with E-state index in [1.807, 2.05) is 0 Å². The van der Waals surface area contributed by atoms with Crippen molar-refractivity contribution < 1.29 is 10.0 Å². The highest BCUT2D eigenvalue weighted by molar-refractivity contribution is 6.40. The molecule has 0 radical (unpaired) electrons. The van der Waals surface area contributed by atoms with Gasteiger partial charge in [0.1, 0.15) is 0 Å². The standard InChI is InChI=1S/C6H14BNO2/c1-2-5-8-6-3-4-7(9)10/h2,8-10H,1,3-6H2. The van der Waals surface area contributed by atoms with E-state index in [1.165, 1.54) is 0 Å². The number of hydrogen-bond acceptors (Lipinski definition) is 3. The van der Waals surface area contributed by atoms with Crippen molar-refractivity contribution in [2.45, 2.75) is 12.7 Å². The van der Waals surface area contributed by atoms with E-state index in [1.54, 1.807) is 6.08 Å². The minimum absolute atomic E-state index is 0.435. The fraction of sp³-hybridized carbons (Fsp3) is 0.667. The Hall–Kier alpha value is -0.315. The van der Waals surface area contributed by atoms with Crippen LogP contribution in [0.25, 0.3) is 0 Å². The summed E-state index contributed by atoms with van der Waals surface area (Å²) in [5.74, 6) is 0. The van der Waals surface area contributed by atoms with Crippen LogP contribution in [0.5, 0.6) is 0 Å². The predicted molar refractivity (Wildman–Crippen MR) is 42.7 cm³/mol. The van der Waals surface area contributed by atoms with Crippen LogP contribution in [0, 0.1) is 0 Å². The second-order valence-electron chi connectivity index (χ2n) is 2.12. The third kappa shape index (κ3) is 7.68. The van der Waals surface area contributed by atoms with E-state index in [2.05, 4.69) is 11.9 Å². The molecule has 3 N–H and O–H groups in total. The van der Waals surface area contributed by atoms with Gasteiger partial charge in [0.05, 0.1) is 0 Å². The van der Waals surface area contributed by atoms with Gasteiger partial charge in [-0.1, -0.05) is 6.08 Å². The van der Waals surface area contributed by atoms with Gasteiger partial charge in [0.2, 0.25) is 0 Å². The first kappa shape index (κ1) is 9.68. The smallest absolute Gasteiger partial charge is 0.427 e. The van der Waals surface area contributed by atoms with E-state index >= 15 is 0 Å². The molecule has 0 spiro atoms. The third-order valence-electron chi connectivity index (χ3n) is 1.10. The summed E-state index contributed by atoms with van der Waals surface area (Å²) in [6, 6.07) is 0. The molecule has 0 aliphatic carbocycles. The lowest BCUT2D eigenvalue weighted by Crippen LogP contribution is -2.18. The molecule has 0 saturated carbocycles. The Morgan fingerprint density at radius 2 is 2.20 bits per heavy atom. The van der Waals surface area contributed by atoms with Gasteiger partial charge in [-0.2, -0.15) is 0 Å². The maximum Gasteiger partial charge on any atom is 0.451 e. The number of hydrogen-bond donors (Lipinski definition) is 3. The molecule has 58 valence electrons. The van der Waals surface area contributed by atoms with Crippen LogP contribution in [0.1, 0.15) is 6.42 Å². The summed E-state index contributed by atoms with van der Waals surface area (Å²) in [5, 5.41) is 19.9. The third-order valence-corrected chi connectivity index (χ3v) is 1.10. The van der Waals surface area contributed by atoms with Crippen LogP contribution >= 0.6 is 0 Å². The molecule has 0 aromatic rings. The molecular weight excluding hydrogens is 129 g/mol. The van der Waals surface area contributed by atoms with Crippen LogP contribution < -0.4 is 5.32 Å². The second-order valence-corrected chi connectivity index (χ2v) is 2.12. The summed E-state index contributed by atoms with van der Waals surface area (Å²) >= 11 is 0. The first-order valence-corrected chi connectivity index (χ1v) is 3.45. The lowest BCUT2D eigenvalue weighted by Gasteiger charge is -1.99. The molecule has 0 saturated heterocycles. The first-order valence-electron chi connectivity index (χ1n) is 3.45. The minimum atomic E-state index is -1.16. The van der Waals surface area contributed by atoms with Crippen LogP contribution in [-0.4, -0.2) is 30.3 Å². The quantitative estimate of drug-likeness (QED) is 0.270. The van der Waals surface area contributed by atoms with Crippen molar-refractivity contribution in [3.63, 3.8) is 0 Å². The van der Waals surface area contributed by atoms with Crippen molar-refractivity contribution in [2.75, 3.05) is 13.1 Å².